The van der Waals surface area contributed by atoms with Gasteiger partial charge >= 0.3 is 0 Å². The van der Waals surface area contributed by atoms with Gasteiger partial charge in [0, 0.05) is 26.2 Å². The van der Waals surface area contributed by atoms with E-state index in [0.717, 1.165) is 0 Å². The second-order valence-corrected chi connectivity index (χ2v) is 1.78. The van der Waals surface area contributed by atoms with Crippen LogP contribution in [0.3, 0.4) is 0 Å². The highest BCUT2D eigenvalue weighted by molar-refractivity contribution is 5.87. The first-order valence-corrected chi connectivity index (χ1v) is 3.17. The average Bonchev–Trinajstić information content (AvgIpc) is 2.04. The number of hydrogen-bond acceptors (Lipinski definition) is 3. The van der Waals surface area contributed by atoms with Crippen LogP contribution in [0, 0.1) is 0 Å². The molecule has 0 aliphatic carbocycles. The summed E-state index contributed by atoms with van der Waals surface area (Å²) in [6, 6.07) is 0. The van der Waals surface area contributed by atoms with E-state index in [1.54, 1.807) is 14.0 Å². The van der Waals surface area contributed by atoms with E-state index in [9.17, 15) is 4.79 Å². The lowest BCUT2D eigenvalue weighted by molar-refractivity contribution is -0.116. The number of methoxy groups -OCH3 is 1. The quantitative estimate of drug-likeness (QED) is 0.355. The number of carbonyl (C=O) groups is 1. The summed E-state index contributed by atoms with van der Waals surface area (Å²) in [5.41, 5.74) is 0. The molecule has 0 aromatic carbocycles. The molecule has 1 amide bonds. The number of rotatable bonds is 2. The minimum Gasteiger partial charge on any atom is -0.484 e. The van der Waals surface area contributed by atoms with Crippen LogP contribution in [0.25, 0.3) is 0 Å². The van der Waals surface area contributed by atoms with Crippen molar-refractivity contribution in [2.24, 2.45) is 4.99 Å². The first-order chi connectivity index (χ1) is 5.20. The van der Waals surface area contributed by atoms with E-state index in [0.29, 0.717) is 5.90 Å². The topological polar surface area (TPSA) is 50.7 Å². The molecule has 0 aromatic heterocycles. The SMILES string of the molecule is CNC(=O)/C=C/N=C(C)OC. The van der Waals surface area contributed by atoms with Gasteiger partial charge in [0.2, 0.25) is 5.91 Å². The second-order valence-electron chi connectivity index (χ2n) is 1.78. The molecule has 0 fully saturated rings. The molecule has 4 heteroatoms. The van der Waals surface area contributed by atoms with Crippen molar-refractivity contribution in [1.82, 2.24) is 5.32 Å². The molecule has 4 nitrogen and oxygen atoms in total. The van der Waals surface area contributed by atoms with Crippen LogP contribution in [0.2, 0.25) is 0 Å². The first-order valence-electron chi connectivity index (χ1n) is 3.17. The molecule has 0 unspecified atom stereocenters. The normalized spacial score (nSPS) is 11.7. The number of aliphatic imine (C=N–C) groups is 1. The molecule has 0 aliphatic rings. The summed E-state index contributed by atoms with van der Waals surface area (Å²) in [6.45, 7) is 1.70. The van der Waals surface area contributed by atoms with Gasteiger partial charge in [0.15, 0.2) is 5.90 Å². The van der Waals surface area contributed by atoms with Crippen LogP contribution in [0.15, 0.2) is 17.3 Å². The van der Waals surface area contributed by atoms with Gasteiger partial charge in [-0.05, 0) is 0 Å². The highest BCUT2D eigenvalue weighted by Crippen LogP contribution is 1.80. The molecule has 0 rings (SSSR count). The molecule has 0 saturated carbocycles. The van der Waals surface area contributed by atoms with E-state index in [4.69, 9.17) is 4.74 Å². The lowest BCUT2D eigenvalue weighted by Gasteiger charge is -1.92. The molecule has 0 saturated heterocycles. The van der Waals surface area contributed by atoms with Gasteiger partial charge in [-0.3, -0.25) is 4.79 Å². The van der Waals surface area contributed by atoms with Crippen molar-refractivity contribution in [3.8, 4) is 0 Å². The third-order valence-electron chi connectivity index (χ3n) is 1.02. The summed E-state index contributed by atoms with van der Waals surface area (Å²) in [7, 11) is 3.08. The first kappa shape index (κ1) is 9.68. The molecular weight excluding hydrogens is 144 g/mol. The summed E-state index contributed by atoms with van der Waals surface area (Å²) in [6.07, 6.45) is 2.71. The number of nitrogens with zero attached hydrogens (tertiary/aromatic N) is 1. The minimum atomic E-state index is -0.183. The molecule has 0 radical (unpaired) electrons. The van der Waals surface area contributed by atoms with Crippen LogP contribution in [0.4, 0.5) is 0 Å². The number of carbonyl (C=O) groups excluding carboxylic acids is 1. The zero-order valence-corrected chi connectivity index (χ0v) is 6.92. The van der Waals surface area contributed by atoms with Gasteiger partial charge in [-0.15, -0.1) is 0 Å². The van der Waals surface area contributed by atoms with Crippen molar-refractivity contribution in [3.05, 3.63) is 12.3 Å². The predicted octanol–water partition coefficient (Wildman–Crippen LogP) is 0.311. The average molecular weight is 156 g/mol. The van der Waals surface area contributed by atoms with Gasteiger partial charge in [0.25, 0.3) is 0 Å². The van der Waals surface area contributed by atoms with Crippen molar-refractivity contribution in [1.29, 1.82) is 0 Å². The molecule has 62 valence electrons. The van der Waals surface area contributed by atoms with E-state index < -0.39 is 0 Å². The standard InChI is InChI=1S/C7H12N2O2/c1-6(11-3)9-5-4-7(10)8-2/h4-5H,1-3H3,(H,8,10)/b5-4+,9-6?. The number of likely N-dealkylation sites (N-methyl/N-ethyl adjacent to an activating group) is 1. The Morgan fingerprint density at radius 3 is 2.73 bits per heavy atom. The maximum atomic E-state index is 10.6. The Morgan fingerprint density at radius 2 is 2.27 bits per heavy atom. The fourth-order valence-corrected chi connectivity index (χ4v) is 0.346. The van der Waals surface area contributed by atoms with E-state index >= 15 is 0 Å². The lowest BCUT2D eigenvalue weighted by Crippen LogP contribution is -2.13. The lowest BCUT2D eigenvalue weighted by atomic mass is 10.6. The number of amides is 1. The third-order valence-corrected chi connectivity index (χ3v) is 1.02. The molecule has 11 heavy (non-hydrogen) atoms. The molecule has 1 N–H and O–H groups in total. The molecule has 0 bridgehead atoms. The van der Waals surface area contributed by atoms with Gasteiger partial charge in [0.05, 0.1) is 7.11 Å². The van der Waals surface area contributed by atoms with Gasteiger partial charge in [-0.1, -0.05) is 0 Å². The summed E-state index contributed by atoms with van der Waals surface area (Å²) >= 11 is 0. The summed E-state index contributed by atoms with van der Waals surface area (Å²) in [5.74, 6) is 0.336. The van der Waals surface area contributed by atoms with Crippen LogP contribution in [-0.2, 0) is 9.53 Å². The summed E-state index contributed by atoms with van der Waals surface area (Å²) in [5, 5.41) is 2.42. The van der Waals surface area contributed by atoms with Crippen molar-refractivity contribution in [2.45, 2.75) is 6.92 Å². The van der Waals surface area contributed by atoms with Crippen LogP contribution >= 0.6 is 0 Å². The van der Waals surface area contributed by atoms with E-state index in [1.165, 1.54) is 19.4 Å². The number of nitrogens with one attached hydrogen (secondary N) is 1. The molecule has 0 heterocycles. The zero-order chi connectivity index (χ0) is 8.69. The van der Waals surface area contributed by atoms with E-state index in [1.807, 2.05) is 0 Å². The molecule has 0 spiro atoms. The van der Waals surface area contributed by atoms with Crippen LogP contribution < -0.4 is 5.32 Å². The molecule has 0 aliphatic heterocycles. The van der Waals surface area contributed by atoms with Crippen LogP contribution in [-0.4, -0.2) is 26.0 Å². The van der Waals surface area contributed by atoms with Gasteiger partial charge in [-0.25, -0.2) is 4.99 Å². The van der Waals surface area contributed by atoms with Gasteiger partial charge in [-0.2, -0.15) is 0 Å². The minimum absolute atomic E-state index is 0.183. The Labute approximate surface area is 66.0 Å². The van der Waals surface area contributed by atoms with Crippen molar-refractivity contribution in [2.75, 3.05) is 14.2 Å². The second kappa shape index (κ2) is 5.46. The predicted molar refractivity (Wildman–Crippen MR) is 43.3 cm³/mol. The Kier molecular flexibility index (Phi) is 4.81. The van der Waals surface area contributed by atoms with Crippen LogP contribution in [0.1, 0.15) is 6.92 Å². The third kappa shape index (κ3) is 5.14. The molecule has 0 aromatic rings. The Balaban J connectivity index is 3.85. The van der Waals surface area contributed by atoms with E-state index in [-0.39, 0.29) is 5.91 Å². The Bertz CT molecular complexity index is 185. The fourth-order valence-electron chi connectivity index (χ4n) is 0.346. The molecular formula is C7H12N2O2. The van der Waals surface area contributed by atoms with Gasteiger partial charge in [0.1, 0.15) is 0 Å². The van der Waals surface area contributed by atoms with Gasteiger partial charge < -0.3 is 10.1 Å². The largest absolute Gasteiger partial charge is 0.484 e. The maximum absolute atomic E-state index is 10.6. The van der Waals surface area contributed by atoms with Crippen molar-refractivity contribution in [3.63, 3.8) is 0 Å². The summed E-state index contributed by atoms with van der Waals surface area (Å²) < 4.78 is 4.73. The smallest absolute Gasteiger partial charge is 0.245 e. The highest BCUT2D eigenvalue weighted by atomic mass is 16.5. The Hall–Kier alpha value is -1.32. The van der Waals surface area contributed by atoms with Crippen molar-refractivity contribution < 1.29 is 9.53 Å². The number of hydrogen-bond donors (Lipinski definition) is 1. The fraction of sp³-hybridized carbons (Fsp3) is 0.429. The van der Waals surface area contributed by atoms with E-state index in [2.05, 4.69) is 10.3 Å². The maximum Gasteiger partial charge on any atom is 0.245 e. The molecule has 0 atom stereocenters. The number of ether oxygens (including phenoxy) is 1. The zero-order valence-electron chi connectivity index (χ0n) is 6.92. The van der Waals surface area contributed by atoms with Crippen molar-refractivity contribution >= 4 is 11.8 Å². The van der Waals surface area contributed by atoms with Crippen LogP contribution in [0.5, 0.6) is 0 Å². The monoisotopic (exact) mass is 156 g/mol. The Morgan fingerprint density at radius 1 is 1.64 bits per heavy atom. The highest BCUT2D eigenvalue weighted by Gasteiger charge is 1.85. The summed E-state index contributed by atoms with van der Waals surface area (Å²) in [4.78, 5) is 14.4.